The SMILES string of the molecule is CC(C)c1ccc(S(=O)(=O)N(C)c2ccc(N(C)S(C)(=O)=O)cc2)cc1. The maximum Gasteiger partial charge on any atom is 0.264 e. The molecule has 142 valence electrons. The van der Waals surface area contributed by atoms with Crippen molar-refractivity contribution in [2.45, 2.75) is 24.7 Å². The van der Waals surface area contributed by atoms with Crippen LogP contribution >= 0.6 is 0 Å². The summed E-state index contributed by atoms with van der Waals surface area (Å²) in [5.74, 6) is 0.323. The van der Waals surface area contributed by atoms with E-state index in [4.69, 9.17) is 0 Å². The van der Waals surface area contributed by atoms with Crippen molar-refractivity contribution in [1.29, 1.82) is 0 Å². The van der Waals surface area contributed by atoms with Gasteiger partial charge in [-0.3, -0.25) is 8.61 Å². The fraction of sp³-hybridized carbons (Fsp3) is 0.333. The monoisotopic (exact) mass is 396 g/mol. The van der Waals surface area contributed by atoms with Gasteiger partial charge in [0.05, 0.1) is 22.5 Å². The minimum atomic E-state index is -3.69. The van der Waals surface area contributed by atoms with Gasteiger partial charge in [-0.1, -0.05) is 26.0 Å². The van der Waals surface area contributed by atoms with Crippen LogP contribution in [-0.4, -0.2) is 37.2 Å². The summed E-state index contributed by atoms with van der Waals surface area (Å²) in [6.07, 6.45) is 1.11. The second-order valence-corrected chi connectivity index (χ2v) is 10.4. The second kappa shape index (κ2) is 7.28. The molecule has 0 bridgehead atoms. The summed E-state index contributed by atoms with van der Waals surface area (Å²) < 4.78 is 51.1. The van der Waals surface area contributed by atoms with Crippen molar-refractivity contribution in [2.75, 3.05) is 29.0 Å². The van der Waals surface area contributed by atoms with Gasteiger partial charge in [0, 0.05) is 14.1 Å². The lowest BCUT2D eigenvalue weighted by atomic mass is 10.0. The van der Waals surface area contributed by atoms with Gasteiger partial charge in [0.2, 0.25) is 10.0 Å². The molecule has 0 spiro atoms. The van der Waals surface area contributed by atoms with Gasteiger partial charge in [-0.25, -0.2) is 16.8 Å². The van der Waals surface area contributed by atoms with E-state index in [0.29, 0.717) is 17.3 Å². The van der Waals surface area contributed by atoms with Crippen molar-refractivity contribution < 1.29 is 16.8 Å². The van der Waals surface area contributed by atoms with Crippen LogP contribution in [0.4, 0.5) is 11.4 Å². The number of hydrogen-bond donors (Lipinski definition) is 0. The summed E-state index contributed by atoms with van der Waals surface area (Å²) in [5, 5.41) is 0. The molecular weight excluding hydrogens is 372 g/mol. The molecule has 0 amide bonds. The van der Waals surface area contributed by atoms with Crippen LogP contribution < -0.4 is 8.61 Å². The molecule has 0 saturated carbocycles. The Morgan fingerprint density at radius 2 is 1.15 bits per heavy atom. The number of sulfonamides is 2. The molecule has 0 aliphatic carbocycles. The zero-order valence-corrected chi connectivity index (χ0v) is 17.2. The summed E-state index contributed by atoms with van der Waals surface area (Å²) in [6.45, 7) is 4.09. The number of hydrogen-bond acceptors (Lipinski definition) is 4. The van der Waals surface area contributed by atoms with E-state index in [1.807, 2.05) is 26.0 Å². The van der Waals surface area contributed by atoms with Gasteiger partial charge < -0.3 is 0 Å². The third-order valence-electron chi connectivity index (χ3n) is 4.28. The van der Waals surface area contributed by atoms with Crippen LogP contribution in [0.1, 0.15) is 25.3 Å². The van der Waals surface area contributed by atoms with Gasteiger partial charge in [-0.2, -0.15) is 0 Å². The fourth-order valence-electron chi connectivity index (χ4n) is 2.39. The molecule has 0 N–H and O–H groups in total. The zero-order chi connectivity index (χ0) is 19.7. The molecule has 2 rings (SSSR count). The molecule has 0 atom stereocenters. The Balaban J connectivity index is 2.31. The average Bonchev–Trinajstić information content (AvgIpc) is 2.59. The van der Waals surface area contributed by atoms with E-state index < -0.39 is 20.0 Å². The van der Waals surface area contributed by atoms with Gasteiger partial charge in [0.25, 0.3) is 10.0 Å². The first kappa shape index (κ1) is 20.3. The van der Waals surface area contributed by atoms with E-state index in [-0.39, 0.29) is 4.90 Å². The molecule has 0 fully saturated rings. The molecule has 0 saturated heterocycles. The largest absolute Gasteiger partial charge is 0.274 e. The van der Waals surface area contributed by atoms with E-state index in [0.717, 1.165) is 16.1 Å². The molecule has 2 aromatic rings. The summed E-state index contributed by atoms with van der Waals surface area (Å²) >= 11 is 0. The highest BCUT2D eigenvalue weighted by Crippen LogP contribution is 2.26. The fourth-order valence-corrected chi connectivity index (χ4v) is 4.09. The quantitative estimate of drug-likeness (QED) is 0.752. The first-order valence-electron chi connectivity index (χ1n) is 8.07. The van der Waals surface area contributed by atoms with Crippen LogP contribution in [0.15, 0.2) is 53.4 Å². The Kier molecular flexibility index (Phi) is 5.67. The van der Waals surface area contributed by atoms with E-state index in [2.05, 4.69) is 0 Å². The maximum absolute atomic E-state index is 12.8. The van der Waals surface area contributed by atoms with Crippen molar-refractivity contribution in [3.05, 3.63) is 54.1 Å². The highest BCUT2D eigenvalue weighted by atomic mass is 32.2. The number of nitrogens with zero attached hydrogens (tertiary/aromatic N) is 2. The molecule has 0 aliphatic rings. The molecular formula is C18H24N2O4S2. The Labute approximate surface area is 156 Å². The van der Waals surface area contributed by atoms with E-state index in [1.165, 1.54) is 18.4 Å². The highest BCUT2D eigenvalue weighted by molar-refractivity contribution is 7.92. The first-order chi connectivity index (χ1) is 11.9. The number of rotatable bonds is 6. The molecule has 0 unspecified atom stereocenters. The molecule has 0 heterocycles. The molecule has 0 radical (unpaired) electrons. The Morgan fingerprint density at radius 1 is 0.731 bits per heavy atom. The minimum absolute atomic E-state index is 0.210. The molecule has 6 nitrogen and oxygen atoms in total. The lowest BCUT2D eigenvalue weighted by Gasteiger charge is -2.22. The molecule has 8 heteroatoms. The number of anilines is 2. The predicted molar refractivity (Wildman–Crippen MR) is 106 cm³/mol. The second-order valence-electron chi connectivity index (χ2n) is 6.44. The maximum atomic E-state index is 12.8. The third kappa shape index (κ3) is 4.19. The highest BCUT2D eigenvalue weighted by Gasteiger charge is 2.22. The van der Waals surface area contributed by atoms with Crippen molar-refractivity contribution in [2.24, 2.45) is 0 Å². The van der Waals surface area contributed by atoms with E-state index in [9.17, 15) is 16.8 Å². The van der Waals surface area contributed by atoms with Crippen molar-refractivity contribution in [3.8, 4) is 0 Å². The Morgan fingerprint density at radius 3 is 1.54 bits per heavy atom. The average molecular weight is 397 g/mol. The summed E-state index contributed by atoms with van der Waals surface area (Å²) in [5.41, 5.74) is 1.98. The lowest BCUT2D eigenvalue weighted by molar-refractivity contribution is 0.593. The van der Waals surface area contributed by atoms with Crippen LogP contribution in [0.2, 0.25) is 0 Å². The van der Waals surface area contributed by atoms with Crippen LogP contribution in [0.3, 0.4) is 0 Å². The third-order valence-corrected chi connectivity index (χ3v) is 7.29. The van der Waals surface area contributed by atoms with Crippen molar-refractivity contribution in [1.82, 2.24) is 0 Å². The smallest absolute Gasteiger partial charge is 0.264 e. The van der Waals surface area contributed by atoms with Gasteiger partial charge in [-0.05, 0) is 47.9 Å². The van der Waals surface area contributed by atoms with Crippen LogP contribution in [0, 0.1) is 0 Å². The summed E-state index contributed by atoms with van der Waals surface area (Å²) in [4.78, 5) is 0.210. The van der Waals surface area contributed by atoms with Crippen LogP contribution in [0.25, 0.3) is 0 Å². The van der Waals surface area contributed by atoms with Gasteiger partial charge in [-0.15, -0.1) is 0 Å². The molecule has 2 aromatic carbocycles. The van der Waals surface area contributed by atoms with Crippen molar-refractivity contribution in [3.63, 3.8) is 0 Å². The van der Waals surface area contributed by atoms with Gasteiger partial charge in [0.1, 0.15) is 0 Å². The predicted octanol–water partition coefficient (Wildman–Crippen LogP) is 3.03. The van der Waals surface area contributed by atoms with Crippen molar-refractivity contribution >= 4 is 31.4 Å². The molecule has 26 heavy (non-hydrogen) atoms. The first-order valence-corrected chi connectivity index (χ1v) is 11.4. The lowest BCUT2D eigenvalue weighted by Crippen LogP contribution is -2.27. The Bertz CT molecular complexity index is 965. The summed E-state index contributed by atoms with van der Waals surface area (Å²) in [6, 6.07) is 13.1. The standard InChI is InChI=1S/C18H24N2O4S2/c1-14(2)15-6-12-18(13-7-15)26(23,24)20(4)17-10-8-16(9-11-17)19(3)25(5,21)22/h6-14H,1-5H3. The van der Waals surface area contributed by atoms with E-state index >= 15 is 0 Å². The number of benzene rings is 2. The molecule has 0 aromatic heterocycles. The molecule has 0 aliphatic heterocycles. The van der Waals surface area contributed by atoms with E-state index in [1.54, 1.807) is 36.4 Å². The summed E-state index contributed by atoms with van der Waals surface area (Å²) in [7, 11) is -4.15. The Hall–Kier alpha value is -2.06. The topological polar surface area (TPSA) is 74.8 Å². The zero-order valence-electron chi connectivity index (χ0n) is 15.5. The minimum Gasteiger partial charge on any atom is -0.274 e. The normalized spacial score (nSPS) is 12.2. The van der Waals surface area contributed by atoms with Crippen LogP contribution in [0.5, 0.6) is 0 Å². The van der Waals surface area contributed by atoms with Crippen LogP contribution in [-0.2, 0) is 20.0 Å². The van der Waals surface area contributed by atoms with Gasteiger partial charge >= 0.3 is 0 Å². The van der Waals surface area contributed by atoms with Gasteiger partial charge in [0.15, 0.2) is 0 Å².